The fraction of sp³-hybridized carbons (Fsp3) is 0.538. The molecule has 0 bridgehead atoms. The molecule has 5 nitrogen and oxygen atoms in total. The number of hydrogen-bond acceptors (Lipinski definition) is 4. The van der Waals surface area contributed by atoms with Crippen LogP contribution >= 0.6 is 0 Å². The van der Waals surface area contributed by atoms with Gasteiger partial charge in [0.1, 0.15) is 0 Å². The fourth-order valence-corrected chi connectivity index (χ4v) is 1.88. The van der Waals surface area contributed by atoms with Gasteiger partial charge in [0.25, 0.3) is 5.69 Å². The average Bonchev–Trinajstić information content (AvgIpc) is 2.37. The number of nitrogens with zero attached hydrogens (tertiary/aromatic N) is 2. The Morgan fingerprint density at radius 2 is 2.17 bits per heavy atom. The zero-order valence-electron chi connectivity index (χ0n) is 11.1. The van der Waals surface area contributed by atoms with Crippen LogP contribution in [-0.2, 0) is 6.61 Å². The standard InChI is InChI=1S/C13H20N2O3/c1-4-10(2)8-14(3)13-6-5-12(15(17)18)7-11(13)9-16/h5-7,10,16H,4,8-9H2,1-3H3. The van der Waals surface area contributed by atoms with Crippen LogP contribution in [0, 0.1) is 16.0 Å². The quantitative estimate of drug-likeness (QED) is 0.624. The molecule has 18 heavy (non-hydrogen) atoms. The molecule has 0 radical (unpaired) electrons. The molecule has 1 N–H and O–H groups in total. The van der Waals surface area contributed by atoms with Crippen LogP contribution in [0.3, 0.4) is 0 Å². The minimum absolute atomic E-state index is 0.0136. The lowest BCUT2D eigenvalue weighted by Crippen LogP contribution is -2.24. The van der Waals surface area contributed by atoms with Crippen LogP contribution < -0.4 is 4.90 Å². The summed E-state index contributed by atoms with van der Waals surface area (Å²) in [4.78, 5) is 12.3. The third-order valence-corrected chi connectivity index (χ3v) is 3.14. The van der Waals surface area contributed by atoms with E-state index in [1.54, 1.807) is 6.07 Å². The highest BCUT2D eigenvalue weighted by Gasteiger charge is 2.14. The molecular formula is C13H20N2O3. The SMILES string of the molecule is CCC(C)CN(C)c1ccc([N+](=O)[O-])cc1CO. The van der Waals surface area contributed by atoms with Crippen LogP contribution in [-0.4, -0.2) is 23.6 Å². The zero-order chi connectivity index (χ0) is 13.7. The summed E-state index contributed by atoms with van der Waals surface area (Å²) < 4.78 is 0. The van der Waals surface area contributed by atoms with E-state index in [4.69, 9.17) is 0 Å². The second-order valence-electron chi connectivity index (χ2n) is 4.62. The maximum absolute atomic E-state index is 10.7. The summed E-state index contributed by atoms with van der Waals surface area (Å²) in [5.74, 6) is 0.539. The predicted octanol–water partition coefficient (Wildman–Crippen LogP) is 2.57. The highest BCUT2D eigenvalue weighted by Crippen LogP contribution is 2.25. The van der Waals surface area contributed by atoms with Crippen molar-refractivity contribution in [2.45, 2.75) is 26.9 Å². The van der Waals surface area contributed by atoms with Crippen molar-refractivity contribution in [1.29, 1.82) is 0 Å². The molecule has 0 aliphatic carbocycles. The van der Waals surface area contributed by atoms with Crippen molar-refractivity contribution >= 4 is 11.4 Å². The Kier molecular flexibility index (Phi) is 5.09. The van der Waals surface area contributed by atoms with Gasteiger partial charge >= 0.3 is 0 Å². The summed E-state index contributed by atoms with van der Waals surface area (Å²) in [7, 11) is 1.94. The Hall–Kier alpha value is -1.62. The number of rotatable bonds is 6. The van der Waals surface area contributed by atoms with Gasteiger partial charge in [0.2, 0.25) is 0 Å². The Labute approximate surface area is 107 Å². The predicted molar refractivity (Wildman–Crippen MR) is 71.7 cm³/mol. The number of nitro groups is 1. The molecule has 5 heteroatoms. The normalized spacial score (nSPS) is 12.2. The Morgan fingerprint density at radius 3 is 2.67 bits per heavy atom. The first-order valence-corrected chi connectivity index (χ1v) is 6.08. The van der Waals surface area contributed by atoms with E-state index in [0.29, 0.717) is 11.5 Å². The van der Waals surface area contributed by atoms with E-state index in [-0.39, 0.29) is 12.3 Å². The van der Waals surface area contributed by atoms with Crippen molar-refractivity contribution < 1.29 is 10.0 Å². The van der Waals surface area contributed by atoms with E-state index in [1.165, 1.54) is 12.1 Å². The molecule has 0 spiro atoms. The topological polar surface area (TPSA) is 66.6 Å². The summed E-state index contributed by atoms with van der Waals surface area (Å²) in [6, 6.07) is 4.61. The van der Waals surface area contributed by atoms with Crippen LogP contribution in [0.1, 0.15) is 25.8 Å². The summed E-state index contributed by atoms with van der Waals surface area (Å²) in [6.07, 6.45) is 1.08. The van der Waals surface area contributed by atoms with E-state index in [0.717, 1.165) is 18.7 Å². The summed E-state index contributed by atoms with van der Waals surface area (Å²) in [6.45, 7) is 4.95. The number of non-ortho nitro benzene ring substituents is 1. The molecule has 1 unspecified atom stereocenters. The molecule has 0 aromatic heterocycles. The molecule has 1 rings (SSSR count). The van der Waals surface area contributed by atoms with E-state index < -0.39 is 4.92 Å². The highest BCUT2D eigenvalue weighted by atomic mass is 16.6. The fourth-order valence-electron chi connectivity index (χ4n) is 1.88. The smallest absolute Gasteiger partial charge is 0.269 e. The lowest BCUT2D eigenvalue weighted by molar-refractivity contribution is -0.384. The van der Waals surface area contributed by atoms with Crippen molar-refractivity contribution in [2.24, 2.45) is 5.92 Å². The minimum Gasteiger partial charge on any atom is -0.392 e. The number of benzene rings is 1. The van der Waals surface area contributed by atoms with E-state index >= 15 is 0 Å². The Morgan fingerprint density at radius 1 is 1.50 bits per heavy atom. The molecule has 0 fully saturated rings. The second kappa shape index (κ2) is 6.35. The van der Waals surface area contributed by atoms with Gasteiger partial charge in [-0.15, -0.1) is 0 Å². The van der Waals surface area contributed by atoms with E-state index in [1.807, 2.05) is 11.9 Å². The van der Waals surface area contributed by atoms with Crippen LogP contribution in [0.5, 0.6) is 0 Å². The third-order valence-electron chi connectivity index (χ3n) is 3.14. The molecule has 0 saturated heterocycles. The Balaban J connectivity index is 2.98. The molecule has 0 saturated carbocycles. The van der Waals surface area contributed by atoms with Crippen molar-refractivity contribution in [3.63, 3.8) is 0 Å². The molecule has 100 valence electrons. The molecule has 1 aromatic carbocycles. The van der Waals surface area contributed by atoms with Gasteiger partial charge in [0, 0.05) is 37.0 Å². The molecule has 0 aliphatic rings. The van der Waals surface area contributed by atoms with Gasteiger partial charge in [0.15, 0.2) is 0 Å². The first-order chi connectivity index (χ1) is 8.49. The lowest BCUT2D eigenvalue weighted by Gasteiger charge is -2.24. The molecular weight excluding hydrogens is 232 g/mol. The largest absolute Gasteiger partial charge is 0.392 e. The van der Waals surface area contributed by atoms with Crippen molar-refractivity contribution in [3.05, 3.63) is 33.9 Å². The van der Waals surface area contributed by atoms with Gasteiger partial charge in [0.05, 0.1) is 11.5 Å². The maximum atomic E-state index is 10.7. The minimum atomic E-state index is -0.447. The first kappa shape index (κ1) is 14.4. The molecule has 1 aromatic rings. The van der Waals surface area contributed by atoms with Crippen LogP contribution in [0.2, 0.25) is 0 Å². The number of nitro benzene ring substituents is 1. The summed E-state index contributed by atoms with van der Waals surface area (Å²) in [5, 5.41) is 20.0. The summed E-state index contributed by atoms with van der Waals surface area (Å²) >= 11 is 0. The van der Waals surface area contributed by atoms with Gasteiger partial charge in [-0.3, -0.25) is 10.1 Å². The maximum Gasteiger partial charge on any atom is 0.269 e. The van der Waals surface area contributed by atoms with Crippen LogP contribution in [0.15, 0.2) is 18.2 Å². The van der Waals surface area contributed by atoms with Gasteiger partial charge in [-0.2, -0.15) is 0 Å². The highest BCUT2D eigenvalue weighted by molar-refractivity contribution is 5.57. The number of anilines is 1. The third kappa shape index (κ3) is 3.43. The van der Waals surface area contributed by atoms with E-state index in [9.17, 15) is 15.2 Å². The number of hydrogen-bond donors (Lipinski definition) is 1. The molecule has 0 amide bonds. The molecule has 0 heterocycles. The number of aliphatic hydroxyl groups is 1. The van der Waals surface area contributed by atoms with Crippen LogP contribution in [0.4, 0.5) is 11.4 Å². The number of aliphatic hydroxyl groups excluding tert-OH is 1. The van der Waals surface area contributed by atoms with Crippen molar-refractivity contribution in [3.8, 4) is 0 Å². The van der Waals surface area contributed by atoms with Crippen molar-refractivity contribution in [2.75, 3.05) is 18.5 Å². The van der Waals surface area contributed by atoms with Crippen LogP contribution in [0.25, 0.3) is 0 Å². The van der Waals surface area contributed by atoms with Crippen molar-refractivity contribution in [1.82, 2.24) is 0 Å². The Bertz CT molecular complexity index is 421. The van der Waals surface area contributed by atoms with Gasteiger partial charge in [-0.05, 0) is 12.0 Å². The average molecular weight is 252 g/mol. The molecule has 0 aliphatic heterocycles. The van der Waals surface area contributed by atoms with Gasteiger partial charge < -0.3 is 10.0 Å². The zero-order valence-corrected chi connectivity index (χ0v) is 11.1. The second-order valence-corrected chi connectivity index (χ2v) is 4.62. The van der Waals surface area contributed by atoms with Gasteiger partial charge in [-0.1, -0.05) is 20.3 Å². The summed E-state index contributed by atoms with van der Waals surface area (Å²) in [5.41, 5.74) is 1.46. The first-order valence-electron chi connectivity index (χ1n) is 6.08. The monoisotopic (exact) mass is 252 g/mol. The molecule has 1 atom stereocenters. The van der Waals surface area contributed by atoms with E-state index in [2.05, 4.69) is 13.8 Å². The van der Waals surface area contributed by atoms with Gasteiger partial charge in [-0.25, -0.2) is 0 Å². The lowest BCUT2D eigenvalue weighted by atomic mass is 10.1.